The number of nitrogens with zero attached hydrogens (tertiary/aromatic N) is 2. The second-order valence-electron chi connectivity index (χ2n) is 6.21. The second-order valence-corrected chi connectivity index (χ2v) is 6.21. The summed E-state index contributed by atoms with van der Waals surface area (Å²) >= 11 is 0. The van der Waals surface area contributed by atoms with Gasteiger partial charge in [-0.15, -0.1) is 0 Å². The quantitative estimate of drug-likeness (QED) is 0.851. The summed E-state index contributed by atoms with van der Waals surface area (Å²) in [6, 6.07) is 3.58. The number of aryl methyl sites for hydroxylation is 1. The molecule has 0 spiro atoms. The zero-order valence-corrected chi connectivity index (χ0v) is 12.7. The zero-order chi connectivity index (χ0) is 13.7. The third-order valence-electron chi connectivity index (χ3n) is 4.17. The standard InChI is InChI=1S/C16H29N3/c1-14(2)17-12-15-7-10-19(13-15)11-8-16-6-4-5-9-18(16)3/h7,10,13-14,16-17H,4-6,8-9,11-12H2,1-3H3. The van der Waals surface area contributed by atoms with Crippen LogP contribution < -0.4 is 5.32 Å². The molecule has 0 bridgehead atoms. The van der Waals surface area contributed by atoms with Gasteiger partial charge in [-0.3, -0.25) is 0 Å². The van der Waals surface area contributed by atoms with Gasteiger partial charge in [-0.05, 0) is 44.5 Å². The van der Waals surface area contributed by atoms with E-state index in [9.17, 15) is 0 Å². The highest BCUT2D eigenvalue weighted by molar-refractivity contribution is 5.10. The Kier molecular flexibility index (Phi) is 5.46. The molecule has 1 aromatic rings. The minimum Gasteiger partial charge on any atom is -0.354 e. The number of piperidine rings is 1. The van der Waals surface area contributed by atoms with Gasteiger partial charge in [0, 0.05) is 37.6 Å². The highest BCUT2D eigenvalue weighted by Crippen LogP contribution is 2.18. The number of rotatable bonds is 6. The lowest BCUT2D eigenvalue weighted by atomic mass is 10.0. The molecule has 1 N–H and O–H groups in total. The van der Waals surface area contributed by atoms with Crippen LogP contribution in [-0.2, 0) is 13.1 Å². The van der Waals surface area contributed by atoms with Gasteiger partial charge in [0.2, 0.25) is 0 Å². The first-order chi connectivity index (χ1) is 9.15. The molecule has 1 unspecified atom stereocenters. The monoisotopic (exact) mass is 263 g/mol. The fourth-order valence-corrected chi connectivity index (χ4v) is 2.86. The van der Waals surface area contributed by atoms with Crippen molar-refractivity contribution in [2.75, 3.05) is 13.6 Å². The smallest absolute Gasteiger partial charge is 0.0234 e. The molecule has 3 nitrogen and oxygen atoms in total. The third kappa shape index (κ3) is 4.66. The van der Waals surface area contributed by atoms with Crippen LogP contribution in [0.15, 0.2) is 18.5 Å². The molecule has 0 saturated carbocycles. The van der Waals surface area contributed by atoms with Gasteiger partial charge in [0.25, 0.3) is 0 Å². The number of aromatic nitrogens is 1. The summed E-state index contributed by atoms with van der Waals surface area (Å²) in [5.74, 6) is 0. The first-order valence-corrected chi connectivity index (χ1v) is 7.73. The van der Waals surface area contributed by atoms with Gasteiger partial charge in [0.15, 0.2) is 0 Å². The summed E-state index contributed by atoms with van der Waals surface area (Å²) in [6.45, 7) is 7.79. The SMILES string of the molecule is CC(C)NCc1ccn(CCC2CCCCN2C)c1. The Morgan fingerprint density at radius 2 is 2.21 bits per heavy atom. The van der Waals surface area contributed by atoms with Crippen molar-refractivity contribution in [1.29, 1.82) is 0 Å². The predicted octanol–water partition coefficient (Wildman–Crippen LogP) is 2.86. The molecule has 0 aliphatic carbocycles. The van der Waals surface area contributed by atoms with Crippen molar-refractivity contribution in [3.63, 3.8) is 0 Å². The maximum absolute atomic E-state index is 3.47. The fourth-order valence-electron chi connectivity index (χ4n) is 2.86. The molecule has 108 valence electrons. The van der Waals surface area contributed by atoms with Crippen LogP contribution in [0.1, 0.15) is 45.1 Å². The Morgan fingerprint density at radius 3 is 2.95 bits per heavy atom. The highest BCUT2D eigenvalue weighted by Gasteiger charge is 2.18. The van der Waals surface area contributed by atoms with E-state index in [2.05, 4.69) is 54.1 Å². The normalized spacial score (nSPS) is 21.2. The predicted molar refractivity (Wildman–Crippen MR) is 81.3 cm³/mol. The number of likely N-dealkylation sites (tertiary alicyclic amines) is 1. The molecule has 2 rings (SSSR count). The molecule has 1 aromatic heterocycles. The third-order valence-corrected chi connectivity index (χ3v) is 4.17. The summed E-state index contributed by atoms with van der Waals surface area (Å²) < 4.78 is 2.35. The molecule has 2 heterocycles. The molecule has 1 saturated heterocycles. The number of hydrogen-bond donors (Lipinski definition) is 1. The summed E-state index contributed by atoms with van der Waals surface area (Å²) in [4.78, 5) is 2.54. The number of nitrogens with one attached hydrogen (secondary N) is 1. The summed E-state index contributed by atoms with van der Waals surface area (Å²) in [6.07, 6.45) is 9.95. The van der Waals surface area contributed by atoms with Crippen LogP contribution in [-0.4, -0.2) is 35.1 Å². The summed E-state index contributed by atoms with van der Waals surface area (Å²) in [7, 11) is 2.28. The molecular formula is C16H29N3. The van der Waals surface area contributed by atoms with Crippen LogP contribution in [0.3, 0.4) is 0 Å². The van der Waals surface area contributed by atoms with E-state index in [0.29, 0.717) is 6.04 Å². The maximum Gasteiger partial charge on any atom is 0.0234 e. The highest BCUT2D eigenvalue weighted by atomic mass is 15.1. The van der Waals surface area contributed by atoms with Crippen molar-refractivity contribution in [3.05, 3.63) is 24.0 Å². The number of hydrogen-bond acceptors (Lipinski definition) is 2. The van der Waals surface area contributed by atoms with Gasteiger partial charge in [-0.25, -0.2) is 0 Å². The van der Waals surface area contributed by atoms with E-state index in [1.54, 1.807) is 0 Å². The van der Waals surface area contributed by atoms with E-state index >= 15 is 0 Å². The van der Waals surface area contributed by atoms with E-state index in [1.807, 2.05) is 0 Å². The fraction of sp³-hybridized carbons (Fsp3) is 0.750. The largest absolute Gasteiger partial charge is 0.354 e. The van der Waals surface area contributed by atoms with Crippen LogP contribution in [0.4, 0.5) is 0 Å². The molecule has 19 heavy (non-hydrogen) atoms. The lowest BCUT2D eigenvalue weighted by molar-refractivity contribution is 0.171. The van der Waals surface area contributed by atoms with Crippen molar-refractivity contribution in [3.8, 4) is 0 Å². The molecule has 0 aromatic carbocycles. The van der Waals surface area contributed by atoms with E-state index in [-0.39, 0.29) is 0 Å². The van der Waals surface area contributed by atoms with Gasteiger partial charge >= 0.3 is 0 Å². The molecule has 3 heteroatoms. The Labute approximate surface area is 118 Å². The van der Waals surface area contributed by atoms with Crippen molar-refractivity contribution in [2.24, 2.45) is 0 Å². The van der Waals surface area contributed by atoms with Crippen LogP contribution in [0.5, 0.6) is 0 Å². The second kappa shape index (κ2) is 7.11. The van der Waals surface area contributed by atoms with Crippen LogP contribution in [0.25, 0.3) is 0 Å². The average Bonchev–Trinajstić information content (AvgIpc) is 2.83. The lowest BCUT2D eigenvalue weighted by Crippen LogP contribution is -2.36. The van der Waals surface area contributed by atoms with Crippen molar-refractivity contribution >= 4 is 0 Å². The van der Waals surface area contributed by atoms with Crippen LogP contribution in [0.2, 0.25) is 0 Å². The van der Waals surface area contributed by atoms with E-state index < -0.39 is 0 Å². The Hall–Kier alpha value is -0.800. The first-order valence-electron chi connectivity index (χ1n) is 7.73. The average molecular weight is 263 g/mol. The maximum atomic E-state index is 3.47. The summed E-state index contributed by atoms with van der Waals surface area (Å²) in [5.41, 5.74) is 1.39. The first kappa shape index (κ1) is 14.6. The molecule has 1 aliphatic heterocycles. The van der Waals surface area contributed by atoms with E-state index in [4.69, 9.17) is 0 Å². The van der Waals surface area contributed by atoms with Crippen LogP contribution in [0, 0.1) is 0 Å². The van der Waals surface area contributed by atoms with Gasteiger partial charge in [-0.1, -0.05) is 20.3 Å². The van der Waals surface area contributed by atoms with Crippen molar-refractivity contribution in [1.82, 2.24) is 14.8 Å². The minimum absolute atomic E-state index is 0.555. The van der Waals surface area contributed by atoms with Gasteiger partial charge < -0.3 is 14.8 Å². The minimum atomic E-state index is 0.555. The lowest BCUT2D eigenvalue weighted by Gasteiger charge is -2.32. The van der Waals surface area contributed by atoms with Gasteiger partial charge in [0.05, 0.1) is 0 Å². The molecule has 0 amide bonds. The van der Waals surface area contributed by atoms with E-state index in [0.717, 1.165) is 19.1 Å². The Morgan fingerprint density at radius 1 is 1.37 bits per heavy atom. The zero-order valence-electron chi connectivity index (χ0n) is 12.7. The van der Waals surface area contributed by atoms with Crippen molar-refractivity contribution < 1.29 is 0 Å². The Balaban J connectivity index is 1.76. The molecule has 1 atom stereocenters. The molecular weight excluding hydrogens is 234 g/mol. The topological polar surface area (TPSA) is 20.2 Å². The van der Waals surface area contributed by atoms with Crippen LogP contribution >= 0.6 is 0 Å². The molecule has 1 fully saturated rings. The molecule has 1 aliphatic rings. The Bertz CT molecular complexity index is 370. The molecule has 0 radical (unpaired) electrons. The van der Waals surface area contributed by atoms with Crippen molar-refractivity contribution in [2.45, 2.75) is 64.7 Å². The van der Waals surface area contributed by atoms with Gasteiger partial charge in [-0.2, -0.15) is 0 Å². The summed E-state index contributed by atoms with van der Waals surface area (Å²) in [5, 5.41) is 3.47. The van der Waals surface area contributed by atoms with Gasteiger partial charge in [0.1, 0.15) is 0 Å². The van der Waals surface area contributed by atoms with E-state index in [1.165, 1.54) is 37.8 Å².